The molecule has 2 heterocycles. The third-order valence-electron chi connectivity index (χ3n) is 3.38. The molecule has 2 amide bonds. The van der Waals surface area contributed by atoms with E-state index in [-0.39, 0.29) is 6.03 Å². The summed E-state index contributed by atoms with van der Waals surface area (Å²) in [6.07, 6.45) is 1.90. The van der Waals surface area contributed by atoms with E-state index in [0.29, 0.717) is 23.4 Å². The Bertz CT molecular complexity index is 717. The SMILES string of the molecule is CSc1nsc(NC(=O)N2Cc3ccccc3OC(C)(C)C2)n1. The molecular formula is C15H18N4O2S2. The van der Waals surface area contributed by atoms with E-state index in [1.807, 2.05) is 44.4 Å². The molecule has 1 aromatic carbocycles. The minimum absolute atomic E-state index is 0.192. The zero-order chi connectivity index (χ0) is 16.4. The molecule has 0 saturated carbocycles. The molecule has 1 aromatic heterocycles. The highest BCUT2D eigenvalue weighted by Crippen LogP contribution is 2.29. The molecule has 3 rings (SSSR count). The van der Waals surface area contributed by atoms with Crippen LogP contribution in [0.15, 0.2) is 29.4 Å². The Hall–Kier alpha value is -1.80. The maximum atomic E-state index is 12.6. The number of rotatable bonds is 2. The van der Waals surface area contributed by atoms with E-state index >= 15 is 0 Å². The van der Waals surface area contributed by atoms with Gasteiger partial charge in [-0.25, -0.2) is 4.79 Å². The number of anilines is 1. The van der Waals surface area contributed by atoms with Gasteiger partial charge < -0.3 is 9.64 Å². The number of nitrogens with zero attached hydrogens (tertiary/aromatic N) is 3. The van der Waals surface area contributed by atoms with Crippen molar-refractivity contribution in [2.45, 2.75) is 31.1 Å². The third-order valence-corrected chi connectivity index (χ3v) is 4.68. The number of benzene rings is 1. The smallest absolute Gasteiger partial charge is 0.324 e. The Morgan fingerprint density at radius 1 is 1.43 bits per heavy atom. The summed E-state index contributed by atoms with van der Waals surface area (Å²) in [6.45, 7) is 4.94. The van der Waals surface area contributed by atoms with Crippen LogP contribution in [0.1, 0.15) is 19.4 Å². The van der Waals surface area contributed by atoms with E-state index in [4.69, 9.17) is 4.74 Å². The van der Waals surface area contributed by atoms with Crippen LogP contribution in [-0.4, -0.2) is 38.7 Å². The number of para-hydroxylation sites is 1. The molecule has 0 unspecified atom stereocenters. The molecule has 1 N–H and O–H groups in total. The van der Waals surface area contributed by atoms with Crippen LogP contribution >= 0.6 is 23.3 Å². The van der Waals surface area contributed by atoms with E-state index in [1.165, 1.54) is 23.3 Å². The van der Waals surface area contributed by atoms with Gasteiger partial charge in [0.15, 0.2) is 0 Å². The number of carbonyl (C=O) groups excluding carboxylic acids is 1. The van der Waals surface area contributed by atoms with Crippen molar-refractivity contribution in [3.05, 3.63) is 29.8 Å². The summed E-state index contributed by atoms with van der Waals surface area (Å²) in [5.74, 6) is 0.827. The first-order valence-corrected chi connectivity index (χ1v) is 9.17. The Morgan fingerprint density at radius 2 is 2.22 bits per heavy atom. The van der Waals surface area contributed by atoms with Crippen LogP contribution in [0.5, 0.6) is 5.75 Å². The van der Waals surface area contributed by atoms with E-state index < -0.39 is 5.60 Å². The average molecular weight is 350 g/mol. The normalized spacial score (nSPS) is 16.2. The van der Waals surface area contributed by atoms with Gasteiger partial charge in [0.05, 0.1) is 13.1 Å². The van der Waals surface area contributed by atoms with Gasteiger partial charge in [-0.05, 0) is 26.2 Å². The summed E-state index contributed by atoms with van der Waals surface area (Å²) in [7, 11) is 0. The molecule has 1 aliphatic rings. The van der Waals surface area contributed by atoms with E-state index in [1.54, 1.807) is 4.90 Å². The average Bonchev–Trinajstić information content (AvgIpc) is 2.89. The second kappa shape index (κ2) is 6.37. The largest absolute Gasteiger partial charge is 0.486 e. The van der Waals surface area contributed by atoms with Crippen molar-refractivity contribution in [3.8, 4) is 5.75 Å². The highest BCUT2D eigenvalue weighted by atomic mass is 32.2. The fraction of sp³-hybridized carbons (Fsp3) is 0.400. The second-order valence-electron chi connectivity index (χ2n) is 5.84. The molecule has 0 saturated heterocycles. The summed E-state index contributed by atoms with van der Waals surface area (Å²) in [5.41, 5.74) is 0.533. The lowest BCUT2D eigenvalue weighted by atomic mass is 10.1. The molecule has 0 radical (unpaired) electrons. The van der Waals surface area contributed by atoms with E-state index in [9.17, 15) is 4.79 Å². The van der Waals surface area contributed by atoms with E-state index in [2.05, 4.69) is 14.7 Å². The molecule has 0 atom stereocenters. The van der Waals surface area contributed by atoms with Crippen molar-refractivity contribution in [2.24, 2.45) is 0 Å². The van der Waals surface area contributed by atoms with Crippen molar-refractivity contribution in [3.63, 3.8) is 0 Å². The summed E-state index contributed by atoms with van der Waals surface area (Å²) >= 11 is 2.63. The zero-order valence-electron chi connectivity index (χ0n) is 13.2. The molecule has 23 heavy (non-hydrogen) atoms. The van der Waals surface area contributed by atoms with Crippen molar-refractivity contribution in [1.82, 2.24) is 14.3 Å². The summed E-state index contributed by atoms with van der Waals surface area (Å²) in [4.78, 5) is 18.6. The molecule has 2 aromatic rings. The molecule has 0 fully saturated rings. The van der Waals surface area contributed by atoms with Gasteiger partial charge in [-0.15, -0.1) is 0 Å². The molecular weight excluding hydrogens is 332 g/mol. The first kappa shape index (κ1) is 16.1. The van der Waals surface area contributed by atoms with Crippen LogP contribution < -0.4 is 10.1 Å². The summed E-state index contributed by atoms with van der Waals surface area (Å²) in [6, 6.07) is 7.62. The number of carbonyl (C=O) groups is 1. The Morgan fingerprint density at radius 3 is 2.96 bits per heavy atom. The number of amides is 2. The van der Waals surface area contributed by atoms with Gasteiger partial charge in [0.25, 0.3) is 0 Å². The predicted molar refractivity (Wildman–Crippen MR) is 92.3 cm³/mol. The fourth-order valence-corrected chi connectivity index (χ4v) is 3.56. The highest BCUT2D eigenvalue weighted by Gasteiger charge is 2.31. The van der Waals surface area contributed by atoms with Gasteiger partial charge in [0.1, 0.15) is 11.4 Å². The first-order valence-electron chi connectivity index (χ1n) is 7.17. The lowest BCUT2D eigenvalue weighted by Crippen LogP contribution is -2.44. The molecule has 0 spiro atoms. The Kier molecular flexibility index (Phi) is 4.45. The van der Waals surface area contributed by atoms with Crippen LogP contribution in [0.2, 0.25) is 0 Å². The monoisotopic (exact) mass is 350 g/mol. The summed E-state index contributed by atoms with van der Waals surface area (Å²) < 4.78 is 10.2. The number of thioether (sulfide) groups is 1. The number of fused-ring (bicyclic) bond motifs is 1. The Balaban J connectivity index is 1.79. The van der Waals surface area contributed by atoms with Gasteiger partial charge in [0.2, 0.25) is 10.3 Å². The molecule has 122 valence electrons. The van der Waals surface area contributed by atoms with Crippen molar-refractivity contribution >= 4 is 34.5 Å². The van der Waals surface area contributed by atoms with Crippen molar-refractivity contribution < 1.29 is 9.53 Å². The fourth-order valence-electron chi connectivity index (χ4n) is 2.44. The van der Waals surface area contributed by atoms with Gasteiger partial charge in [-0.1, -0.05) is 30.0 Å². The second-order valence-corrected chi connectivity index (χ2v) is 7.37. The number of urea groups is 1. The lowest BCUT2D eigenvalue weighted by Gasteiger charge is -2.29. The zero-order valence-corrected chi connectivity index (χ0v) is 14.8. The van der Waals surface area contributed by atoms with Gasteiger partial charge >= 0.3 is 6.03 Å². The number of hydrogen-bond donors (Lipinski definition) is 1. The van der Waals surface area contributed by atoms with E-state index in [0.717, 1.165) is 11.3 Å². The van der Waals surface area contributed by atoms with Crippen LogP contribution in [-0.2, 0) is 6.54 Å². The maximum absolute atomic E-state index is 12.6. The van der Waals surface area contributed by atoms with Crippen LogP contribution in [0.25, 0.3) is 0 Å². The summed E-state index contributed by atoms with van der Waals surface area (Å²) in [5, 5.41) is 4.00. The Labute approximate surface area is 143 Å². The maximum Gasteiger partial charge on any atom is 0.324 e. The van der Waals surface area contributed by atoms with Crippen LogP contribution in [0, 0.1) is 0 Å². The molecule has 6 nitrogen and oxygen atoms in total. The quantitative estimate of drug-likeness (QED) is 0.840. The van der Waals surface area contributed by atoms with Crippen LogP contribution in [0.3, 0.4) is 0 Å². The number of nitrogens with one attached hydrogen (secondary N) is 1. The number of aromatic nitrogens is 2. The number of hydrogen-bond acceptors (Lipinski definition) is 6. The van der Waals surface area contributed by atoms with Crippen molar-refractivity contribution in [2.75, 3.05) is 18.1 Å². The van der Waals surface area contributed by atoms with Gasteiger partial charge in [-0.3, -0.25) is 5.32 Å². The molecule has 0 aliphatic carbocycles. The standard InChI is InChI=1S/C15H18N4O2S2/c1-15(2)9-19(8-10-6-4-5-7-11(10)21-15)14(20)17-12-16-13(22-3)18-23-12/h4-7H,8-9H2,1-3H3,(H,16,17,18,20). The molecule has 1 aliphatic heterocycles. The van der Waals surface area contributed by atoms with Crippen molar-refractivity contribution in [1.29, 1.82) is 0 Å². The minimum Gasteiger partial charge on any atom is -0.486 e. The van der Waals surface area contributed by atoms with Gasteiger partial charge in [-0.2, -0.15) is 9.36 Å². The number of ether oxygens (including phenoxy) is 1. The topological polar surface area (TPSA) is 67.4 Å². The van der Waals surface area contributed by atoms with Crippen LogP contribution in [0.4, 0.5) is 9.93 Å². The van der Waals surface area contributed by atoms with Gasteiger partial charge in [0, 0.05) is 17.1 Å². The minimum atomic E-state index is -0.463. The molecule has 0 bridgehead atoms. The lowest BCUT2D eigenvalue weighted by molar-refractivity contribution is 0.0835. The third kappa shape index (κ3) is 3.76. The first-order chi connectivity index (χ1) is 11.0. The predicted octanol–water partition coefficient (Wildman–Crippen LogP) is 3.47. The molecule has 8 heteroatoms. The highest BCUT2D eigenvalue weighted by molar-refractivity contribution is 7.98.